The van der Waals surface area contributed by atoms with E-state index in [9.17, 15) is 32.8 Å². The number of halogens is 3. The second kappa shape index (κ2) is 10.8. The average molecular weight is 521 g/mol. The average Bonchev–Trinajstić information content (AvgIpc) is 3.40. The molecule has 1 fully saturated rings. The van der Waals surface area contributed by atoms with Gasteiger partial charge in [0, 0.05) is 24.8 Å². The molecule has 0 spiro atoms. The Morgan fingerprint density at radius 3 is 2.51 bits per heavy atom. The van der Waals surface area contributed by atoms with Gasteiger partial charge in [-0.1, -0.05) is 26.8 Å². The summed E-state index contributed by atoms with van der Waals surface area (Å²) in [5.41, 5.74) is -2.13. The van der Waals surface area contributed by atoms with Crippen molar-refractivity contribution in [3.63, 3.8) is 0 Å². The maximum atomic E-state index is 14.1. The zero-order valence-electron chi connectivity index (χ0n) is 21.2. The number of H-pyrrole nitrogens is 1. The highest BCUT2D eigenvalue weighted by Gasteiger charge is 2.41. The summed E-state index contributed by atoms with van der Waals surface area (Å²) in [6.45, 7) is 6.03. The van der Waals surface area contributed by atoms with Crippen molar-refractivity contribution in [2.24, 2.45) is 17.3 Å². The number of Topliss-reactive ketones (excluding diaryl/α,β-unsaturated/α-hetero) is 1. The van der Waals surface area contributed by atoms with E-state index in [0.717, 1.165) is 0 Å². The summed E-state index contributed by atoms with van der Waals surface area (Å²) < 4.78 is 47.5. The molecule has 1 aromatic carbocycles. The number of carbonyl (C=O) groups excluding carboxylic acids is 3. The third kappa shape index (κ3) is 6.61. The van der Waals surface area contributed by atoms with E-state index in [1.54, 1.807) is 0 Å². The van der Waals surface area contributed by atoms with Crippen molar-refractivity contribution in [2.45, 2.75) is 58.7 Å². The lowest BCUT2D eigenvalue weighted by atomic mass is 9.81. The molecule has 0 unspecified atom stereocenters. The van der Waals surface area contributed by atoms with Crippen LogP contribution in [0.5, 0.6) is 5.75 Å². The van der Waals surface area contributed by atoms with Crippen molar-refractivity contribution < 1.29 is 32.3 Å². The van der Waals surface area contributed by atoms with Gasteiger partial charge in [-0.05, 0) is 36.8 Å². The van der Waals surface area contributed by atoms with Gasteiger partial charge in [-0.15, -0.1) is 0 Å². The fourth-order valence-electron chi connectivity index (χ4n) is 4.79. The van der Waals surface area contributed by atoms with Crippen LogP contribution in [0.25, 0.3) is 10.9 Å². The lowest BCUT2D eigenvalue weighted by Crippen LogP contribution is -2.41. The molecule has 0 bridgehead atoms. The van der Waals surface area contributed by atoms with E-state index >= 15 is 0 Å². The highest BCUT2D eigenvalue weighted by molar-refractivity contribution is 6.05. The number of aromatic nitrogens is 1. The number of aromatic amines is 1. The number of benzene rings is 1. The quantitative estimate of drug-likeness (QED) is 0.424. The predicted molar refractivity (Wildman–Crippen MR) is 130 cm³/mol. The van der Waals surface area contributed by atoms with Gasteiger partial charge in [0.2, 0.25) is 11.8 Å². The van der Waals surface area contributed by atoms with Crippen LogP contribution in [0.3, 0.4) is 0 Å². The molecule has 0 saturated carbocycles. The van der Waals surface area contributed by atoms with Crippen molar-refractivity contribution in [3.8, 4) is 11.8 Å². The summed E-state index contributed by atoms with van der Waals surface area (Å²) in [4.78, 5) is 41.0. The second-order valence-corrected chi connectivity index (χ2v) is 10.5. The maximum absolute atomic E-state index is 14.1. The molecule has 3 rings (SSSR count). The molecule has 1 aliphatic heterocycles. The Bertz CT molecular complexity index is 1220. The molecule has 3 N–H and O–H groups in total. The van der Waals surface area contributed by atoms with E-state index in [1.165, 1.54) is 25.3 Å². The summed E-state index contributed by atoms with van der Waals surface area (Å²) in [5, 5.41) is 14.6. The van der Waals surface area contributed by atoms with Gasteiger partial charge in [0.15, 0.2) is 5.78 Å². The Balaban J connectivity index is 1.90. The number of fused-ring (bicyclic) bond motifs is 1. The van der Waals surface area contributed by atoms with Crippen LogP contribution in [-0.2, 0) is 15.8 Å². The van der Waals surface area contributed by atoms with Gasteiger partial charge < -0.3 is 20.4 Å². The number of alkyl halides is 3. The normalized spacial score (nSPS) is 17.7. The number of ether oxygens (including phenoxy) is 1. The van der Waals surface area contributed by atoms with Crippen molar-refractivity contribution in [2.75, 3.05) is 13.7 Å². The Hall–Kier alpha value is -3.55. The van der Waals surface area contributed by atoms with Crippen LogP contribution in [0.1, 0.15) is 62.5 Å². The first-order valence-corrected chi connectivity index (χ1v) is 12.0. The van der Waals surface area contributed by atoms with E-state index in [1.807, 2.05) is 26.8 Å². The Morgan fingerprint density at radius 2 is 1.97 bits per heavy atom. The minimum absolute atomic E-state index is 0.0306. The maximum Gasteiger partial charge on any atom is 0.419 e. The zero-order chi connectivity index (χ0) is 27.5. The monoisotopic (exact) mass is 520 g/mol. The largest absolute Gasteiger partial charge is 0.496 e. The number of amides is 2. The van der Waals surface area contributed by atoms with Crippen LogP contribution in [0.2, 0.25) is 0 Å². The van der Waals surface area contributed by atoms with E-state index in [2.05, 4.69) is 15.6 Å². The summed E-state index contributed by atoms with van der Waals surface area (Å²) in [6, 6.07) is 5.31. The minimum Gasteiger partial charge on any atom is -0.496 e. The Morgan fingerprint density at radius 1 is 1.27 bits per heavy atom. The number of nitrogens with zero attached hydrogens (tertiary/aromatic N) is 1. The Labute approximate surface area is 212 Å². The number of methoxy groups -OCH3 is 1. The van der Waals surface area contributed by atoms with E-state index in [0.29, 0.717) is 13.0 Å². The van der Waals surface area contributed by atoms with Gasteiger partial charge in [-0.25, -0.2) is 0 Å². The van der Waals surface area contributed by atoms with E-state index in [4.69, 9.17) is 4.74 Å². The molecule has 2 amide bonds. The molecule has 11 heteroatoms. The van der Waals surface area contributed by atoms with Gasteiger partial charge in [0.1, 0.15) is 11.8 Å². The fraction of sp³-hybridized carbons (Fsp3) is 0.538. The molecule has 0 radical (unpaired) electrons. The van der Waals surface area contributed by atoms with Crippen LogP contribution in [0.15, 0.2) is 18.2 Å². The van der Waals surface area contributed by atoms with Crippen LogP contribution in [-0.4, -0.2) is 42.3 Å². The molecule has 1 aliphatic rings. The molecular weight excluding hydrogens is 489 g/mol. The summed E-state index contributed by atoms with van der Waals surface area (Å²) in [5.74, 6) is -3.12. The highest BCUT2D eigenvalue weighted by Crippen LogP contribution is 2.42. The molecule has 200 valence electrons. The standard InChI is InChI=1S/C26H31F3N4O4/c1-25(2,3)12-15(24(36)32-16(13-30)10-14-8-9-31-23(14)35)11-18(34)22-21(26(27,28)29)20-17(33-22)6-5-7-19(20)37-4/h5-7,14-16,33H,8-12H2,1-4H3,(H,31,35)(H,32,36)/t14-,15-,16-/m0/s1. The highest BCUT2D eigenvalue weighted by atomic mass is 19.4. The fourth-order valence-corrected chi connectivity index (χ4v) is 4.79. The third-order valence-corrected chi connectivity index (χ3v) is 6.38. The van der Waals surface area contributed by atoms with Crippen molar-refractivity contribution in [1.82, 2.24) is 15.6 Å². The SMILES string of the molecule is COc1cccc2[nH]c(C(=O)C[C@@H](CC(C)(C)C)C(=O)N[C@H](C#N)C[C@@H]3CCNC3=O)c(C(F)(F)F)c12. The lowest BCUT2D eigenvalue weighted by molar-refractivity contribution is -0.136. The minimum atomic E-state index is -4.85. The summed E-state index contributed by atoms with van der Waals surface area (Å²) in [7, 11) is 1.24. The number of rotatable bonds is 9. The van der Waals surface area contributed by atoms with E-state index in [-0.39, 0.29) is 35.4 Å². The number of hydrogen-bond donors (Lipinski definition) is 3. The summed E-state index contributed by atoms with van der Waals surface area (Å²) >= 11 is 0. The molecule has 37 heavy (non-hydrogen) atoms. The van der Waals surface area contributed by atoms with Crippen molar-refractivity contribution >= 4 is 28.5 Å². The van der Waals surface area contributed by atoms with Crippen molar-refractivity contribution in [3.05, 3.63) is 29.5 Å². The molecule has 1 saturated heterocycles. The number of nitrogens with one attached hydrogen (secondary N) is 3. The van der Waals surface area contributed by atoms with E-state index < -0.39 is 58.8 Å². The molecular formula is C26H31F3N4O4. The van der Waals surface area contributed by atoms with Crippen molar-refractivity contribution in [1.29, 1.82) is 5.26 Å². The number of hydrogen-bond acceptors (Lipinski definition) is 5. The van der Waals surface area contributed by atoms with Gasteiger partial charge in [0.25, 0.3) is 0 Å². The first kappa shape index (κ1) is 28.0. The summed E-state index contributed by atoms with van der Waals surface area (Å²) in [6.07, 6.45) is -4.50. The number of ketones is 1. The first-order chi connectivity index (χ1) is 17.2. The number of nitriles is 1. The Kier molecular flexibility index (Phi) is 8.20. The molecule has 0 aliphatic carbocycles. The first-order valence-electron chi connectivity index (χ1n) is 12.0. The lowest BCUT2D eigenvalue weighted by Gasteiger charge is -2.26. The zero-order valence-corrected chi connectivity index (χ0v) is 21.2. The van der Waals surface area contributed by atoms with Crippen LogP contribution in [0, 0.1) is 28.6 Å². The van der Waals surface area contributed by atoms with Gasteiger partial charge in [0.05, 0.1) is 35.3 Å². The third-order valence-electron chi connectivity index (χ3n) is 6.38. The second-order valence-electron chi connectivity index (χ2n) is 10.5. The van der Waals surface area contributed by atoms with Gasteiger partial charge in [-0.2, -0.15) is 18.4 Å². The molecule has 8 nitrogen and oxygen atoms in total. The molecule has 2 heterocycles. The molecule has 1 aromatic heterocycles. The van der Waals surface area contributed by atoms with Crippen LogP contribution < -0.4 is 15.4 Å². The van der Waals surface area contributed by atoms with Crippen LogP contribution in [0.4, 0.5) is 13.2 Å². The van der Waals surface area contributed by atoms with Gasteiger partial charge >= 0.3 is 6.18 Å². The van der Waals surface area contributed by atoms with Crippen LogP contribution >= 0.6 is 0 Å². The topological polar surface area (TPSA) is 124 Å². The molecule has 2 aromatic rings. The smallest absolute Gasteiger partial charge is 0.419 e. The predicted octanol–water partition coefficient (Wildman–Crippen LogP) is 4.36. The number of carbonyl (C=O) groups is 3. The molecule has 3 atom stereocenters. The van der Waals surface area contributed by atoms with Gasteiger partial charge in [-0.3, -0.25) is 14.4 Å².